The molecule has 1 rings (SSSR count). The molecule has 0 saturated heterocycles. The van der Waals surface area contributed by atoms with Gasteiger partial charge in [0.1, 0.15) is 9.84 Å². The van der Waals surface area contributed by atoms with Gasteiger partial charge in [-0.05, 0) is 30.6 Å². The monoisotopic (exact) mass is 261 g/mol. The topological polar surface area (TPSA) is 46.2 Å². The Balaban J connectivity index is 2.35. The van der Waals surface area contributed by atoms with Crippen LogP contribution in [0.5, 0.6) is 0 Å². The van der Waals surface area contributed by atoms with Crippen molar-refractivity contribution in [2.45, 2.75) is 46.0 Å². The minimum absolute atomic E-state index is 0.255. The molecule has 0 unspecified atom stereocenters. The van der Waals surface area contributed by atoms with Crippen LogP contribution in [-0.4, -0.2) is 33.5 Å². The van der Waals surface area contributed by atoms with Crippen molar-refractivity contribution in [3.05, 3.63) is 0 Å². The summed E-state index contributed by atoms with van der Waals surface area (Å²) in [5, 5.41) is 3.35. The maximum absolute atomic E-state index is 11.0. The zero-order chi connectivity index (χ0) is 12.9. The summed E-state index contributed by atoms with van der Waals surface area (Å²) < 4.78 is 22.1. The molecule has 1 aliphatic carbocycles. The number of sulfone groups is 1. The molecule has 4 heteroatoms. The van der Waals surface area contributed by atoms with Crippen LogP contribution >= 0.6 is 0 Å². The van der Waals surface area contributed by atoms with Crippen LogP contribution in [0.15, 0.2) is 0 Å². The molecule has 0 spiro atoms. The van der Waals surface area contributed by atoms with Crippen molar-refractivity contribution in [3.63, 3.8) is 0 Å². The Hall–Kier alpha value is -0.0900. The lowest BCUT2D eigenvalue weighted by atomic mass is 9.78. The summed E-state index contributed by atoms with van der Waals surface area (Å²) in [6.45, 7) is 6.13. The minimum Gasteiger partial charge on any atom is -0.315 e. The Morgan fingerprint density at radius 2 is 1.82 bits per heavy atom. The van der Waals surface area contributed by atoms with E-state index in [2.05, 4.69) is 19.2 Å². The van der Waals surface area contributed by atoms with Gasteiger partial charge in [-0.2, -0.15) is 0 Å². The van der Waals surface area contributed by atoms with E-state index in [0.717, 1.165) is 12.5 Å². The molecule has 0 heterocycles. The summed E-state index contributed by atoms with van der Waals surface area (Å²) in [4.78, 5) is 0. The Kier molecular flexibility index (Phi) is 5.45. The first-order chi connectivity index (χ1) is 7.83. The Morgan fingerprint density at radius 1 is 1.24 bits per heavy atom. The molecule has 0 atom stereocenters. The molecule has 0 aromatic rings. The first-order valence-corrected chi connectivity index (χ1v) is 8.78. The lowest BCUT2D eigenvalue weighted by Crippen LogP contribution is -2.35. The normalized spacial score (nSPS) is 20.0. The van der Waals surface area contributed by atoms with Gasteiger partial charge in [0.05, 0.1) is 5.75 Å². The molecule has 1 N–H and O–H groups in total. The van der Waals surface area contributed by atoms with E-state index in [-0.39, 0.29) is 5.75 Å². The van der Waals surface area contributed by atoms with E-state index < -0.39 is 9.84 Å². The highest BCUT2D eigenvalue weighted by Crippen LogP contribution is 2.42. The predicted molar refractivity (Wildman–Crippen MR) is 72.9 cm³/mol. The molecule has 17 heavy (non-hydrogen) atoms. The van der Waals surface area contributed by atoms with E-state index in [4.69, 9.17) is 0 Å². The van der Waals surface area contributed by atoms with Crippen LogP contribution in [0.1, 0.15) is 46.0 Å². The second kappa shape index (κ2) is 6.19. The molecule has 1 aliphatic rings. The first-order valence-electron chi connectivity index (χ1n) is 6.71. The maximum atomic E-state index is 11.0. The SMILES string of the molecule is CC(C)CC1(CNCCS(C)(=O)=O)CCCC1. The summed E-state index contributed by atoms with van der Waals surface area (Å²) in [5.74, 6) is 0.981. The van der Waals surface area contributed by atoms with Gasteiger partial charge in [-0.3, -0.25) is 0 Å². The van der Waals surface area contributed by atoms with Gasteiger partial charge >= 0.3 is 0 Å². The van der Waals surface area contributed by atoms with Crippen LogP contribution in [-0.2, 0) is 9.84 Å². The summed E-state index contributed by atoms with van der Waals surface area (Å²) in [7, 11) is -2.83. The molecule has 102 valence electrons. The highest BCUT2D eigenvalue weighted by molar-refractivity contribution is 7.90. The Labute approximate surface area is 106 Å². The van der Waals surface area contributed by atoms with Crippen LogP contribution in [0.25, 0.3) is 0 Å². The second-order valence-corrected chi connectivity index (χ2v) is 8.37. The van der Waals surface area contributed by atoms with E-state index in [1.807, 2.05) is 0 Å². The maximum Gasteiger partial charge on any atom is 0.148 e. The van der Waals surface area contributed by atoms with Crippen LogP contribution in [0.4, 0.5) is 0 Å². The van der Waals surface area contributed by atoms with Gasteiger partial charge in [-0.25, -0.2) is 8.42 Å². The van der Waals surface area contributed by atoms with Crippen molar-refractivity contribution < 1.29 is 8.42 Å². The summed E-state index contributed by atoms with van der Waals surface area (Å²) in [6, 6.07) is 0. The predicted octanol–water partition coefficient (Wildman–Crippen LogP) is 2.23. The fourth-order valence-corrected chi connectivity index (χ4v) is 3.57. The zero-order valence-electron chi connectivity index (χ0n) is 11.5. The molecule has 0 aliphatic heterocycles. The molecule has 0 amide bonds. The third-order valence-corrected chi connectivity index (χ3v) is 4.60. The molecular weight excluding hydrogens is 234 g/mol. The van der Waals surface area contributed by atoms with E-state index in [1.54, 1.807) is 0 Å². The van der Waals surface area contributed by atoms with Crippen LogP contribution in [0.3, 0.4) is 0 Å². The van der Waals surface area contributed by atoms with E-state index in [0.29, 0.717) is 12.0 Å². The number of nitrogens with one attached hydrogen (secondary N) is 1. The van der Waals surface area contributed by atoms with Gasteiger partial charge in [-0.1, -0.05) is 26.7 Å². The molecule has 1 fully saturated rings. The van der Waals surface area contributed by atoms with Crippen molar-refractivity contribution in [1.82, 2.24) is 5.32 Å². The molecule has 0 bridgehead atoms. The van der Waals surface area contributed by atoms with E-state index >= 15 is 0 Å². The third-order valence-electron chi connectivity index (χ3n) is 3.66. The number of hydrogen-bond donors (Lipinski definition) is 1. The van der Waals surface area contributed by atoms with Gasteiger partial charge < -0.3 is 5.32 Å². The minimum atomic E-state index is -2.83. The third kappa shape index (κ3) is 5.87. The number of hydrogen-bond acceptors (Lipinski definition) is 3. The quantitative estimate of drug-likeness (QED) is 0.715. The molecule has 3 nitrogen and oxygen atoms in total. The zero-order valence-corrected chi connectivity index (χ0v) is 12.3. The fourth-order valence-electron chi connectivity index (χ4n) is 3.06. The van der Waals surface area contributed by atoms with Crippen molar-refractivity contribution in [1.29, 1.82) is 0 Å². The number of rotatable bonds is 7. The average molecular weight is 261 g/mol. The summed E-state index contributed by atoms with van der Waals surface area (Å²) in [6.07, 6.45) is 7.84. The van der Waals surface area contributed by atoms with Gasteiger partial charge in [0, 0.05) is 19.3 Å². The average Bonchev–Trinajstić information content (AvgIpc) is 2.59. The molecule has 1 saturated carbocycles. The Bertz CT molecular complexity index is 316. The van der Waals surface area contributed by atoms with Crippen LogP contribution in [0, 0.1) is 11.3 Å². The molecular formula is C13H27NO2S. The summed E-state index contributed by atoms with van der Waals surface area (Å²) >= 11 is 0. The molecule has 0 aromatic carbocycles. The second-order valence-electron chi connectivity index (χ2n) is 6.11. The highest BCUT2D eigenvalue weighted by atomic mass is 32.2. The standard InChI is InChI=1S/C13H27NO2S/c1-12(2)10-13(6-4-5-7-13)11-14-8-9-17(3,15)16/h12,14H,4-11H2,1-3H3. The van der Waals surface area contributed by atoms with Crippen molar-refractivity contribution >= 4 is 9.84 Å². The lowest BCUT2D eigenvalue weighted by Gasteiger charge is -2.31. The Morgan fingerprint density at radius 3 is 2.29 bits per heavy atom. The van der Waals surface area contributed by atoms with Gasteiger partial charge in [0.2, 0.25) is 0 Å². The van der Waals surface area contributed by atoms with Gasteiger partial charge in [-0.15, -0.1) is 0 Å². The first kappa shape index (κ1) is 15.0. The summed E-state index contributed by atoms with van der Waals surface area (Å²) in [5.41, 5.74) is 0.436. The molecule has 0 radical (unpaired) electrons. The highest BCUT2D eigenvalue weighted by Gasteiger charge is 2.33. The molecule has 0 aromatic heterocycles. The lowest BCUT2D eigenvalue weighted by molar-refractivity contribution is 0.226. The van der Waals surface area contributed by atoms with Gasteiger partial charge in [0.15, 0.2) is 0 Å². The largest absolute Gasteiger partial charge is 0.315 e. The fraction of sp³-hybridized carbons (Fsp3) is 1.00. The van der Waals surface area contributed by atoms with Crippen molar-refractivity contribution in [2.24, 2.45) is 11.3 Å². The van der Waals surface area contributed by atoms with Gasteiger partial charge in [0.25, 0.3) is 0 Å². The van der Waals surface area contributed by atoms with Crippen LogP contribution in [0.2, 0.25) is 0 Å². The van der Waals surface area contributed by atoms with Crippen molar-refractivity contribution in [2.75, 3.05) is 25.1 Å². The van der Waals surface area contributed by atoms with Crippen LogP contribution < -0.4 is 5.32 Å². The van der Waals surface area contributed by atoms with E-state index in [9.17, 15) is 8.42 Å². The van der Waals surface area contributed by atoms with E-state index in [1.165, 1.54) is 38.4 Å². The smallest absolute Gasteiger partial charge is 0.148 e. The van der Waals surface area contributed by atoms with Crippen molar-refractivity contribution in [3.8, 4) is 0 Å².